The first-order valence-corrected chi connectivity index (χ1v) is 7.41. The second kappa shape index (κ2) is 7.74. The van der Waals surface area contributed by atoms with E-state index < -0.39 is 5.97 Å². The highest BCUT2D eigenvalue weighted by Crippen LogP contribution is 2.13. The van der Waals surface area contributed by atoms with Gasteiger partial charge in [-0.25, -0.2) is 0 Å². The van der Waals surface area contributed by atoms with Gasteiger partial charge in [0.2, 0.25) is 0 Å². The molecule has 21 heavy (non-hydrogen) atoms. The Labute approximate surface area is 125 Å². The van der Waals surface area contributed by atoms with Crippen molar-refractivity contribution in [3.05, 3.63) is 42.1 Å². The smallest absolute Gasteiger partial charge is 0.303 e. The third-order valence-corrected chi connectivity index (χ3v) is 3.66. The first kappa shape index (κ1) is 15.4. The molecule has 0 aliphatic carbocycles. The monoisotopic (exact) mass is 286 g/mol. The molecule has 1 aromatic heterocycles. The topological polar surface area (TPSA) is 62.2 Å². The molecule has 0 saturated carbocycles. The van der Waals surface area contributed by atoms with Crippen LogP contribution in [0.4, 0.5) is 0 Å². The van der Waals surface area contributed by atoms with Gasteiger partial charge in [0.25, 0.3) is 0 Å². The molecule has 1 unspecified atom stereocenters. The molecule has 1 heterocycles. The fourth-order valence-corrected chi connectivity index (χ4v) is 2.33. The lowest BCUT2D eigenvalue weighted by molar-refractivity contribution is -0.137. The summed E-state index contributed by atoms with van der Waals surface area (Å²) in [5.74, 6) is -0.269. The van der Waals surface area contributed by atoms with Crippen LogP contribution in [-0.4, -0.2) is 22.6 Å². The largest absolute Gasteiger partial charge is 0.481 e. The lowest BCUT2D eigenvalue weighted by Crippen LogP contribution is -2.17. The number of nitrogens with zero attached hydrogens (tertiary/aromatic N) is 1. The predicted molar refractivity (Wildman–Crippen MR) is 84.1 cm³/mol. The fourth-order valence-electron chi connectivity index (χ4n) is 2.33. The molecule has 4 nitrogen and oxygen atoms in total. The minimum Gasteiger partial charge on any atom is -0.481 e. The lowest BCUT2D eigenvalue weighted by Gasteiger charge is -2.11. The number of carbonyl (C=O) groups is 1. The Morgan fingerprint density at radius 3 is 3.00 bits per heavy atom. The van der Waals surface area contributed by atoms with Gasteiger partial charge in [-0.2, -0.15) is 0 Å². The van der Waals surface area contributed by atoms with Crippen molar-refractivity contribution in [1.82, 2.24) is 10.3 Å². The van der Waals surface area contributed by atoms with Gasteiger partial charge in [0.1, 0.15) is 0 Å². The minimum absolute atomic E-state index is 0.263. The standard InChI is InChI=1S/C17H22N2O2/c1-13(4-7-17(20)21)8-10-18-12-14-5-6-16-15(11-14)3-2-9-19-16/h2-3,5-6,9,11,13,18H,4,7-8,10,12H2,1H3,(H,20,21). The molecule has 2 rings (SSSR count). The van der Waals surface area contributed by atoms with Crippen LogP contribution in [0.1, 0.15) is 31.7 Å². The minimum atomic E-state index is -0.709. The van der Waals surface area contributed by atoms with Crippen LogP contribution in [0.5, 0.6) is 0 Å². The number of aromatic nitrogens is 1. The van der Waals surface area contributed by atoms with Crippen LogP contribution >= 0.6 is 0 Å². The van der Waals surface area contributed by atoms with E-state index in [4.69, 9.17) is 5.11 Å². The highest BCUT2D eigenvalue weighted by molar-refractivity contribution is 5.78. The summed E-state index contributed by atoms with van der Waals surface area (Å²) in [5.41, 5.74) is 2.26. The van der Waals surface area contributed by atoms with E-state index in [9.17, 15) is 4.79 Å². The number of benzene rings is 1. The van der Waals surface area contributed by atoms with Gasteiger partial charge < -0.3 is 10.4 Å². The fraction of sp³-hybridized carbons (Fsp3) is 0.412. The van der Waals surface area contributed by atoms with E-state index in [2.05, 4.69) is 35.4 Å². The summed E-state index contributed by atoms with van der Waals surface area (Å²) in [6.45, 7) is 3.84. The summed E-state index contributed by atoms with van der Waals surface area (Å²) in [7, 11) is 0. The van der Waals surface area contributed by atoms with E-state index in [1.54, 1.807) is 6.20 Å². The number of aliphatic carboxylic acids is 1. The summed E-state index contributed by atoms with van der Waals surface area (Å²) in [5, 5.41) is 13.2. The Hall–Kier alpha value is -1.94. The molecule has 0 radical (unpaired) electrons. The molecular weight excluding hydrogens is 264 g/mol. The Bertz CT molecular complexity index is 598. The van der Waals surface area contributed by atoms with Gasteiger partial charge in [-0.1, -0.05) is 19.1 Å². The second-order valence-electron chi connectivity index (χ2n) is 5.53. The van der Waals surface area contributed by atoms with Crippen molar-refractivity contribution < 1.29 is 9.90 Å². The van der Waals surface area contributed by atoms with Gasteiger partial charge >= 0.3 is 5.97 Å². The Morgan fingerprint density at radius 1 is 1.33 bits per heavy atom. The normalized spacial score (nSPS) is 12.4. The van der Waals surface area contributed by atoms with Gasteiger partial charge in [0, 0.05) is 24.5 Å². The lowest BCUT2D eigenvalue weighted by atomic mass is 10.0. The van der Waals surface area contributed by atoms with Crippen molar-refractivity contribution in [1.29, 1.82) is 0 Å². The number of carboxylic acid groups (broad SMARTS) is 1. The summed E-state index contributed by atoms with van der Waals surface area (Å²) in [4.78, 5) is 14.8. The zero-order valence-corrected chi connectivity index (χ0v) is 12.4. The van der Waals surface area contributed by atoms with Crippen LogP contribution < -0.4 is 5.32 Å². The number of carboxylic acids is 1. The van der Waals surface area contributed by atoms with Crippen LogP contribution in [-0.2, 0) is 11.3 Å². The van der Waals surface area contributed by atoms with Crippen molar-refractivity contribution in [2.75, 3.05) is 6.54 Å². The maximum atomic E-state index is 10.5. The van der Waals surface area contributed by atoms with Crippen molar-refractivity contribution >= 4 is 16.9 Å². The molecular formula is C17H22N2O2. The zero-order chi connectivity index (χ0) is 15.1. The average Bonchev–Trinajstić information content (AvgIpc) is 2.49. The van der Waals surface area contributed by atoms with E-state index in [-0.39, 0.29) is 6.42 Å². The highest BCUT2D eigenvalue weighted by Gasteiger charge is 2.05. The molecule has 0 fully saturated rings. The van der Waals surface area contributed by atoms with Crippen molar-refractivity contribution in [2.24, 2.45) is 5.92 Å². The van der Waals surface area contributed by atoms with Crippen molar-refractivity contribution in [3.63, 3.8) is 0 Å². The molecule has 1 atom stereocenters. The Morgan fingerprint density at radius 2 is 2.19 bits per heavy atom. The molecule has 4 heteroatoms. The number of nitrogens with one attached hydrogen (secondary N) is 1. The average molecular weight is 286 g/mol. The van der Waals surface area contributed by atoms with Gasteiger partial charge in [0.15, 0.2) is 0 Å². The van der Waals surface area contributed by atoms with E-state index in [0.717, 1.165) is 36.8 Å². The molecule has 0 aliphatic heterocycles. The van der Waals surface area contributed by atoms with E-state index in [0.29, 0.717) is 5.92 Å². The number of hydrogen-bond acceptors (Lipinski definition) is 3. The molecule has 0 aliphatic rings. The number of fused-ring (bicyclic) bond motifs is 1. The van der Waals surface area contributed by atoms with Crippen LogP contribution in [0.25, 0.3) is 10.9 Å². The summed E-state index contributed by atoms with van der Waals surface area (Å²) >= 11 is 0. The van der Waals surface area contributed by atoms with Gasteiger partial charge in [-0.15, -0.1) is 0 Å². The number of pyridine rings is 1. The summed E-state index contributed by atoms with van der Waals surface area (Å²) in [6.07, 6.45) is 3.82. The highest BCUT2D eigenvalue weighted by atomic mass is 16.4. The Balaban J connectivity index is 1.73. The third kappa shape index (κ3) is 5.16. The molecule has 1 aromatic carbocycles. The maximum absolute atomic E-state index is 10.5. The van der Waals surface area contributed by atoms with Crippen molar-refractivity contribution in [2.45, 2.75) is 32.7 Å². The molecule has 2 aromatic rings. The predicted octanol–water partition coefficient (Wildman–Crippen LogP) is 3.22. The summed E-state index contributed by atoms with van der Waals surface area (Å²) in [6, 6.07) is 10.3. The summed E-state index contributed by atoms with van der Waals surface area (Å²) < 4.78 is 0. The maximum Gasteiger partial charge on any atom is 0.303 e. The third-order valence-electron chi connectivity index (χ3n) is 3.66. The Kier molecular flexibility index (Phi) is 5.69. The van der Waals surface area contributed by atoms with Gasteiger partial charge in [0.05, 0.1) is 5.52 Å². The van der Waals surface area contributed by atoms with Crippen LogP contribution in [0.2, 0.25) is 0 Å². The van der Waals surface area contributed by atoms with Crippen LogP contribution in [0, 0.1) is 5.92 Å². The quantitative estimate of drug-likeness (QED) is 0.731. The van der Waals surface area contributed by atoms with E-state index in [1.165, 1.54) is 5.56 Å². The molecule has 0 saturated heterocycles. The molecule has 0 amide bonds. The number of hydrogen-bond donors (Lipinski definition) is 2. The second-order valence-corrected chi connectivity index (χ2v) is 5.53. The molecule has 0 bridgehead atoms. The van der Waals surface area contributed by atoms with Crippen LogP contribution in [0.3, 0.4) is 0 Å². The van der Waals surface area contributed by atoms with Crippen LogP contribution in [0.15, 0.2) is 36.5 Å². The first-order valence-electron chi connectivity index (χ1n) is 7.41. The van der Waals surface area contributed by atoms with Gasteiger partial charge in [-0.05, 0) is 49.1 Å². The SMILES string of the molecule is CC(CCNCc1ccc2ncccc2c1)CCC(=O)O. The molecule has 0 spiro atoms. The van der Waals surface area contributed by atoms with E-state index >= 15 is 0 Å². The molecule has 2 N–H and O–H groups in total. The molecule has 112 valence electrons. The number of rotatable bonds is 8. The first-order chi connectivity index (χ1) is 10.1. The van der Waals surface area contributed by atoms with E-state index in [1.807, 2.05) is 12.1 Å². The van der Waals surface area contributed by atoms with Crippen molar-refractivity contribution in [3.8, 4) is 0 Å². The van der Waals surface area contributed by atoms with Gasteiger partial charge in [-0.3, -0.25) is 9.78 Å². The zero-order valence-electron chi connectivity index (χ0n) is 12.4.